The van der Waals surface area contributed by atoms with Gasteiger partial charge in [-0.3, -0.25) is 24.7 Å². The van der Waals surface area contributed by atoms with Crippen molar-refractivity contribution in [3.8, 4) is 0 Å². The molecule has 11 heteroatoms. The summed E-state index contributed by atoms with van der Waals surface area (Å²) in [5.74, 6) is 0.891. The van der Waals surface area contributed by atoms with Gasteiger partial charge in [0.25, 0.3) is 0 Å². The number of fused-ring (bicyclic) bond motifs is 1. The van der Waals surface area contributed by atoms with Crippen LogP contribution in [0.5, 0.6) is 0 Å². The highest BCUT2D eigenvalue weighted by Gasteiger charge is 2.49. The van der Waals surface area contributed by atoms with Crippen LogP contribution in [-0.2, 0) is 22.2 Å². The van der Waals surface area contributed by atoms with E-state index in [4.69, 9.17) is 9.47 Å². The fraction of sp³-hybridized carbons (Fsp3) is 0.759. The fourth-order valence-corrected chi connectivity index (χ4v) is 7.69. The van der Waals surface area contributed by atoms with E-state index in [1.54, 1.807) is 10.8 Å². The van der Waals surface area contributed by atoms with Gasteiger partial charge in [-0.25, -0.2) is 4.79 Å². The molecule has 6 rings (SSSR count). The number of halogens is 3. The molecule has 8 nitrogen and oxygen atoms in total. The van der Waals surface area contributed by atoms with E-state index in [0.717, 1.165) is 38.6 Å². The van der Waals surface area contributed by atoms with Gasteiger partial charge in [0.15, 0.2) is 0 Å². The Kier molecular flexibility index (Phi) is 7.57. The second-order valence-electron chi connectivity index (χ2n) is 13.0. The Bertz CT molecular complexity index is 1260. The van der Waals surface area contributed by atoms with Crippen LogP contribution in [0.4, 0.5) is 13.2 Å². The number of rotatable bonds is 6. The van der Waals surface area contributed by atoms with Crippen LogP contribution in [0.2, 0.25) is 0 Å². The minimum absolute atomic E-state index is 0.00547. The highest BCUT2D eigenvalue weighted by Crippen LogP contribution is 2.50. The first-order valence-corrected chi connectivity index (χ1v) is 14.8. The lowest BCUT2D eigenvalue weighted by Gasteiger charge is -2.51. The number of nitrogens with one attached hydrogen (secondary N) is 2. The molecule has 0 spiro atoms. The minimum Gasteiger partial charge on any atom is -0.380 e. The molecule has 0 radical (unpaired) electrons. The zero-order valence-corrected chi connectivity index (χ0v) is 23.7. The molecule has 5 heterocycles. The van der Waals surface area contributed by atoms with Crippen molar-refractivity contribution in [1.29, 1.82) is 0 Å². The van der Waals surface area contributed by atoms with E-state index in [1.165, 1.54) is 16.7 Å². The van der Waals surface area contributed by atoms with E-state index < -0.39 is 11.7 Å². The number of hydrogen-bond acceptors (Lipinski definition) is 6. The maximum absolute atomic E-state index is 14.3. The molecule has 2 N–H and O–H groups in total. The van der Waals surface area contributed by atoms with E-state index in [2.05, 4.69) is 22.7 Å². The van der Waals surface area contributed by atoms with Crippen LogP contribution in [0.25, 0.3) is 5.52 Å². The molecule has 3 saturated heterocycles. The van der Waals surface area contributed by atoms with Crippen LogP contribution < -0.4 is 16.5 Å². The highest BCUT2D eigenvalue weighted by molar-refractivity contribution is 5.56. The molecule has 40 heavy (non-hydrogen) atoms. The van der Waals surface area contributed by atoms with E-state index in [9.17, 15) is 18.0 Å². The number of pyridine rings is 1. The second-order valence-corrected chi connectivity index (χ2v) is 13.0. The number of aromatic nitrogens is 2. The van der Waals surface area contributed by atoms with Gasteiger partial charge in [0, 0.05) is 56.1 Å². The van der Waals surface area contributed by atoms with Crippen molar-refractivity contribution in [2.45, 2.75) is 89.9 Å². The lowest BCUT2D eigenvalue weighted by molar-refractivity contribution is -0.164. The number of nitrogens with zero attached hydrogens (tertiary/aromatic N) is 3. The van der Waals surface area contributed by atoms with E-state index in [-0.39, 0.29) is 34.9 Å². The third-order valence-electron chi connectivity index (χ3n) is 9.77. The highest BCUT2D eigenvalue weighted by atomic mass is 19.4. The molecule has 1 aliphatic carbocycles. The summed E-state index contributed by atoms with van der Waals surface area (Å²) in [5, 5.41) is 0. The van der Waals surface area contributed by atoms with Crippen LogP contribution in [0, 0.1) is 17.3 Å². The molecule has 222 valence electrons. The Hall–Kier alpha value is -1.92. The van der Waals surface area contributed by atoms with E-state index in [0.29, 0.717) is 56.3 Å². The van der Waals surface area contributed by atoms with E-state index >= 15 is 0 Å². The van der Waals surface area contributed by atoms with Gasteiger partial charge in [-0.2, -0.15) is 13.2 Å². The molecule has 0 amide bonds. The first-order valence-electron chi connectivity index (χ1n) is 14.8. The molecular weight excluding hydrogens is 523 g/mol. The maximum atomic E-state index is 14.3. The van der Waals surface area contributed by atoms with Crippen LogP contribution in [0.3, 0.4) is 0 Å². The monoisotopic (exact) mass is 565 g/mol. The normalized spacial score (nSPS) is 33.4. The lowest BCUT2D eigenvalue weighted by atomic mass is 9.63. The quantitative estimate of drug-likeness (QED) is 0.552. The molecule has 4 fully saturated rings. The van der Waals surface area contributed by atoms with Crippen molar-refractivity contribution in [3.63, 3.8) is 0 Å². The number of hydrogen-bond donors (Lipinski definition) is 2. The molecule has 0 aromatic carbocycles. The van der Waals surface area contributed by atoms with Gasteiger partial charge in [-0.15, -0.1) is 0 Å². The lowest BCUT2D eigenvalue weighted by Crippen LogP contribution is -2.53. The minimum atomic E-state index is -4.56. The average molecular weight is 566 g/mol. The Morgan fingerprint density at radius 1 is 1.10 bits per heavy atom. The van der Waals surface area contributed by atoms with Gasteiger partial charge in [0.2, 0.25) is 0 Å². The molecule has 6 atom stereocenters. The number of hydrazine groups is 1. The molecule has 0 bridgehead atoms. The van der Waals surface area contributed by atoms with Crippen LogP contribution in [0.15, 0.2) is 23.3 Å². The van der Waals surface area contributed by atoms with Crippen molar-refractivity contribution < 1.29 is 22.6 Å². The molecule has 4 aliphatic rings. The predicted octanol–water partition coefficient (Wildman–Crippen LogP) is 3.98. The van der Waals surface area contributed by atoms with Crippen molar-refractivity contribution in [2.75, 3.05) is 32.8 Å². The largest absolute Gasteiger partial charge is 0.418 e. The fourth-order valence-electron chi connectivity index (χ4n) is 7.69. The van der Waals surface area contributed by atoms with Gasteiger partial charge in [0.1, 0.15) is 0 Å². The summed E-state index contributed by atoms with van der Waals surface area (Å²) in [6.07, 6.45) is 3.10. The SMILES string of the molecule is CC1CNNC1CC1(C2CCCC(n3cc4c(C(F)(F)F)cc(CN5C[C@@H](C)O[C@H](C)C5)cn4c3=O)C2)COC1. The second kappa shape index (κ2) is 10.7. The topological polar surface area (TPSA) is 72.2 Å². The number of morpholine rings is 1. The van der Waals surface area contributed by atoms with Gasteiger partial charge >= 0.3 is 11.9 Å². The Morgan fingerprint density at radius 3 is 2.48 bits per heavy atom. The van der Waals surface area contributed by atoms with Crippen molar-refractivity contribution in [2.24, 2.45) is 17.3 Å². The van der Waals surface area contributed by atoms with Crippen molar-refractivity contribution >= 4 is 5.52 Å². The zero-order valence-electron chi connectivity index (χ0n) is 23.7. The molecule has 1 saturated carbocycles. The summed E-state index contributed by atoms with van der Waals surface area (Å²) in [6, 6.07) is 1.47. The standard InChI is InChI=1S/C29H42F3N5O3/c1-18-10-33-34-25(18)9-28(16-39-17-28)22-5-4-6-23(8-22)36-15-26-24(29(30,31)32)7-21(14-37(26)27(36)38)13-35-11-19(2)40-20(3)12-35/h7,14-15,18-20,22-23,25,33-34H,4-6,8-13,16-17H2,1-3H3/t18?,19-,20-,22?,23?,25?/m1/s1. The van der Waals surface area contributed by atoms with E-state index in [1.807, 2.05) is 13.8 Å². The summed E-state index contributed by atoms with van der Waals surface area (Å²) in [7, 11) is 0. The van der Waals surface area contributed by atoms with Gasteiger partial charge in [-0.05, 0) is 63.0 Å². The van der Waals surface area contributed by atoms with Crippen molar-refractivity contribution in [3.05, 3.63) is 40.1 Å². The summed E-state index contributed by atoms with van der Waals surface area (Å²) in [4.78, 5) is 15.8. The summed E-state index contributed by atoms with van der Waals surface area (Å²) in [5.41, 5.74) is 6.02. The van der Waals surface area contributed by atoms with Crippen LogP contribution >= 0.6 is 0 Å². The third kappa shape index (κ3) is 5.35. The molecule has 4 unspecified atom stereocenters. The van der Waals surface area contributed by atoms with Crippen LogP contribution in [0.1, 0.15) is 70.0 Å². The zero-order chi connectivity index (χ0) is 28.2. The average Bonchev–Trinajstić information content (AvgIpc) is 3.42. The smallest absolute Gasteiger partial charge is 0.380 e. The predicted molar refractivity (Wildman–Crippen MR) is 145 cm³/mol. The molecule has 2 aromatic rings. The Balaban J connectivity index is 1.29. The summed E-state index contributed by atoms with van der Waals surface area (Å²) in [6.45, 7) is 10.2. The van der Waals surface area contributed by atoms with Gasteiger partial charge in [0.05, 0.1) is 36.5 Å². The first kappa shape index (κ1) is 28.2. The number of ether oxygens (including phenoxy) is 2. The molecular formula is C29H42F3N5O3. The maximum Gasteiger partial charge on any atom is 0.418 e. The summed E-state index contributed by atoms with van der Waals surface area (Å²) >= 11 is 0. The van der Waals surface area contributed by atoms with Gasteiger partial charge in [-0.1, -0.05) is 13.3 Å². The molecule has 2 aromatic heterocycles. The number of alkyl halides is 3. The molecule has 3 aliphatic heterocycles. The first-order chi connectivity index (χ1) is 19.0. The van der Waals surface area contributed by atoms with Crippen molar-refractivity contribution in [1.82, 2.24) is 24.7 Å². The Morgan fingerprint density at radius 2 is 1.85 bits per heavy atom. The number of imidazole rings is 1. The van der Waals surface area contributed by atoms with Gasteiger partial charge < -0.3 is 9.47 Å². The third-order valence-corrected chi connectivity index (χ3v) is 9.77. The summed E-state index contributed by atoms with van der Waals surface area (Å²) < 4.78 is 57.2. The van der Waals surface area contributed by atoms with Crippen LogP contribution in [-0.4, -0.2) is 65.0 Å². The Labute approximate surface area is 233 Å².